The topological polar surface area (TPSA) is 29.1 Å². The third-order valence-corrected chi connectivity index (χ3v) is 3.75. The SMILES string of the molecule is CC(C)NC(=O)CC1(C2CC2)CCC1. The maximum Gasteiger partial charge on any atom is 0.220 e. The van der Waals surface area contributed by atoms with E-state index in [1.807, 2.05) is 13.8 Å². The van der Waals surface area contributed by atoms with E-state index in [0.717, 1.165) is 12.3 Å². The number of carbonyl (C=O) groups is 1. The van der Waals surface area contributed by atoms with E-state index in [9.17, 15) is 4.79 Å². The Morgan fingerprint density at radius 3 is 2.43 bits per heavy atom. The molecule has 0 spiro atoms. The average molecular weight is 195 g/mol. The quantitative estimate of drug-likeness (QED) is 0.733. The highest BCUT2D eigenvalue weighted by atomic mass is 16.1. The first kappa shape index (κ1) is 10.0. The van der Waals surface area contributed by atoms with E-state index < -0.39 is 0 Å². The number of carbonyl (C=O) groups excluding carboxylic acids is 1. The molecule has 0 aliphatic heterocycles. The zero-order valence-electron chi connectivity index (χ0n) is 9.31. The van der Waals surface area contributed by atoms with Crippen LogP contribution in [0.1, 0.15) is 52.4 Å². The number of hydrogen-bond acceptors (Lipinski definition) is 1. The van der Waals surface area contributed by atoms with Gasteiger partial charge in [-0.05, 0) is 50.9 Å². The standard InChI is InChI=1S/C12H21NO/c1-9(2)13-11(14)8-12(6-3-7-12)10-4-5-10/h9-10H,3-8H2,1-2H3,(H,13,14). The van der Waals surface area contributed by atoms with E-state index in [1.165, 1.54) is 32.1 Å². The zero-order valence-corrected chi connectivity index (χ0v) is 9.31. The lowest BCUT2D eigenvalue weighted by Gasteiger charge is -2.42. The Morgan fingerprint density at radius 2 is 2.07 bits per heavy atom. The monoisotopic (exact) mass is 195 g/mol. The largest absolute Gasteiger partial charge is 0.354 e. The van der Waals surface area contributed by atoms with Crippen molar-refractivity contribution in [3.63, 3.8) is 0 Å². The second-order valence-corrected chi connectivity index (χ2v) is 5.39. The van der Waals surface area contributed by atoms with Crippen LogP contribution in [0.3, 0.4) is 0 Å². The van der Waals surface area contributed by atoms with Gasteiger partial charge in [0, 0.05) is 12.5 Å². The predicted molar refractivity (Wildman–Crippen MR) is 56.9 cm³/mol. The minimum atomic E-state index is 0.270. The van der Waals surface area contributed by atoms with Crippen molar-refractivity contribution in [3.05, 3.63) is 0 Å². The minimum absolute atomic E-state index is 0.270. The van der Waals surface area contributed by atoms with Crippen LogP contribution in [0.25, 0.3) is 0 Å². The molecule has 2 rings (SSSR count). The van der Waals surface area contributed by atoms with Crippen molar-refractivity contribution in [2.75, 3.05) is 0 Å². The lowest BCUT2D eigenvalue weighted by atomic mass is 9.63. The highest BCUT2D eigenvalue weighted by Crippen LogP contribution is 2.59. The summed E-state index contributed by atoms with van der Waals surface area (Å²) < 4.78 is 0. The lowest BCUT2D eigenvalue weighted by molar-refractivity contribution is -0.126. The van der Waals surface area contributed by atoms with E-state index >= 15 is 0 Å². The van der Waals surface area contributed by atoms with Crippen molar-refractivity contribution in [1.82, 2.24) is 5.32 Å². The minimum Gasteiger partial charge on any atom is -0.354 e. The summed E-state index contributed by atoms with van der Waals surface area (Å²) >= 11 is 0. The molecule has 1 N–H and O–H groups in total. The molecular formula is C12H21NO. The summed E-state index contributed by atoms with van der Waals surface area (Å²) in [6, 6.07) is 0.291. The van der Waals surface area contributed by atoms with Gasteiger partial charge in [0.25, 0.3) is 0 Å². The van der Waals surface area contributed by atoms with Crippen molar-refractivity contribution in [1.29, 1.82) is 0 Å². The molecule has 2 saturated carbocycles. The Labute approximate surface area is 86.5 Å². The Morgan fingerprint density at radius 1 is 1.43 bits per heavy atom. The van der Waals surface area contributed by atoms with Gasteiger partial charge in [-0.1, -0.05) is 6.42 Å². The summed E-state index contributed by atoms with van der Waals surface area (Å²) in [5, 5.41) is 3.01. The summed E-state index contributed by atoms with van der Waals surface area (Å²) in [6.45, 7) is 4.06. The molecule has 0 unspecified atom stereocenters. The van der Waals surface area contributed by atoms with Gasteiger partial charge in [-0.3, -0.25) is 4.79 Å². The lowest BCUT2D eigenvalue weighted by Crippen LogP contribution is -2.40. The van der Waals surface area contributed by atoms with Crippen molar-refractivity contribution in [3.8, 4) is 0 Å². The number of hydrogen-bond donors (Lipinski definition) is 1. The molecule has 0 saturated heterocycles. The van der Waals surface area contributed by atoms with E-state index in [1.54, 1.807) is 0 Å². The summed E-state index contributed by atoms with van der Waals surface area (Å²) in [7, 11) is 0. The normalized spacial score (nSPS) is 24.5. The fourth-order valence-corrected chi connectivity index (χ4v) is 2.75. The highest BCUT2D eigenvalue weighted by molar-refractivity contribution is 5.77. The first-order valence-corrected chi connectivity index (χ1v) is 5.92. The summed E-state index contributed by atoms with van der Waals surface area (Å²) in [5.74, 6) is 1.15. The van der Waals surface area contributed by atoms with Crippen LogP contribution >= 0.6 is 0 Å². The van der Waals surface area contributed by atoms with E-state index in [2.05, 4.69) is 5.32 Å². The molecule has 0 bridgehead atoms. The van der Waals surface area contributed by atoms with Crippen LogP contribution in [0.2, 0.25) is 0 Å². The molecule has 0 aromatic heterocycles. The third-order valence-electron chi connectivity index (χ3n) is 3.75. The van der Waals surface area contributed by atoms with Crippen LogP contribution in [0.5, 0.6) is 0 Å². The van der Waals surface area contributed by atoms with Crippen LogP contribution in [0.15, 0.2) is 0 Å². The Hall–Kier alpha value is -0.530. The average Bonchev–Trinajstić information content (AvgIpc) is 2.77. The third kappa shape index (κ3) is 1.94. The van der Waals surface area contributed by atoms with Crippen LogP contribution < -0.4 is 5.32 Å². The molecule has 0 atom stereocenters. The fourth-order valence-electron chi connectivity index (χ4n) is 2.75. The molecule has 0 heterocycles. The molecule has 0 aromatic rings. The van der Waals surface area contributed by atoms with Crippen LogP contribution in [0, 0.1) is 11.3 Å². The molecule has 0 aromatic carbocycles. The van der Waals surface area contributed by atoms with Crippen molar-refractivity contribution < 1.29 is 4.79 Å². The zero-order chi connectivity index (χ0) is 10.2. The Kier molecular flexibility index (Phi) is 2.54. The van der Waals surface area contributed by atoms with Gasteiger partial charge in [-0.15, -0.1) is 0 Å². The van der Waals surface area contributed by atoms with Crippen molar-refractivity contribution >= 4 is 5.91 Å². The molecule has 2 heteroatoms. The molecule has 80 valence electrons. The number of amides is 1. The highest BCUT2D eigenvalue weighted by Gasteiger charge is 2.49. The molecule has 2 fully saturated rings. The van der Waals surface area contributed by atoms with E-state index in [4.69, 9.17) is 0 Å². The second-order valence-electron chi connectivity index (χ2n) is 5.39. The van der Waals surface area contributed by atoms with Gasteiger partial charge in [0.1, 0.15) is 0 Å². The van der Waals surface area contributed by atoms with Gasteiger partial charge >= 0.3 is 0 Å². The molecule has 2 nitrogen and oxygen atoms in total. The molecule has 2 aliphatic rings. The number of nitrogens with one attached hydrogen (secondary N) is 1. The summed E-state index contributed by atoms with van der Waals surface area (Å²) in [4.78, 5) is 11.7. The van der Waals surface area contributed by atoms with Gasteiger partial charge < -0.3 is 5.32 Å². The Balaban J connectivity index is 1.85. The maximum absolute atomic E-state index is 11.7. The van der Waals surface area contributed by atoms with Gasteiger partial charge in [-0.25, -0.2) is 0 Å². The van der Waals surface area contributed by atoms with Crippen LogP contribution in [0.4, 0.5) is 0 Å². The van der Waals surface area contributed by atoms with Gasteiger partial charge in [0.05, 0.1) is 0 Å². The van der Waals surface area contributed by atoms with E-state index in [0.29, 0.717) is 11.5 Å². The molecular weight excluding hydrogens is 174 g/mol. The molecule has 0 radical (unpaired) electrons. The fraction of sp³-hybridized carbons (Fsp3) is 0.917. The Bertz CT molecular complexity index is 226. The van der Waals surface area contributed by atoms with Gasteiger partial charge in [0.2, 0.25) is 5.91 Å². The van der Waals surface area contributed by atoms with Crippen molar-refractivity contribution in [2.24, 2.45) is 11.3 Å². The first-order chi connectivity index (χ1) is 6.62. The number of rotatable bonds is 4. The first-order valence-electron chi connectivity index (χ1n) is 5.92. The molecule has 1 amide bonds. The summed E-state index contributed by atoms with van der Waals surface area (Å²) in [5.41, 5.74) is 0.430. The van der Waals surface area contributed by atoms with Gasteiger partial charge in [-0.2, -0.15) is 0 Å². The second kappa shape index (κ2) is 3.56. The van der Waals surface area contributed by atoms with Crippen LogP contribution in [-0.4, -0.2) is 11.9 Å². The van der Waals surface area contributed by atoms with Crippen molar-refractivity contribution in [2.45, 2.75) is 58.4 Å². The molecule has 14 heavy (non-hydrogen) atoms. The smallest absolute Gasteiger partial charge is 0.220 e. The van der Waals surface area contributed by atoms with Crippen LogP contribution in [-0.2, 0) is 4.79 Å². The summed E-state index contributed by atoms with van der Waals surface area (Å²) in [6.07, 6.45) is 7.46. The predicted octanol–water partition coefficient (Wildman–Crippen LogP) is 2.48. The van der Waals surface area contributed by atoms with E-state index in [-0.39, 0.29) is 5.91 Å². The molecule has 2 aliphatic carbocycles. The maximum atomic E-state index is 11.7. The van der Waals surface area contributed by atoms with Gasteiger partial charge in [0.15, 0.2) is 0 Å².